The molecule has 2 rings (SSSR count). The van der Waals surface area contributed by atoms with Gasteiger partial charge >= 0.3 is 12.1 Å². The van der Waals surface area contributed by atoms with Crippen molar-refractivity contribution in [1.29, 1.82) is 0 Å². The molecule has 2 heterocycles. The lowest BCUT2D eigenvalue weighted by atomic mass is 9.91. The minimum absolute atomic E-state index is 0.106. The van der Waals surface area contributed by atoms with Gasteiger partial charge in [-0.05, 0) is 32.0 Å². The van der Waals surface area contributed by atoms with Crippen molar-refractivity contribution in [3.05, 3.63) is 23.9 Å². The summed E-state index contributed by atoms with van der Waals surface area (Å²) >= 11 is 0. The summed E-state index contributed by atoms with van der Waals surface area (Å²) in [6.07, 6.45) is 5.18. The smallest absolute Gasteiger partial charge is 0.412 e. The molecule has 1 fully saturated rings. The van der Waals surface area contributed by atoms with Crippen LogP contribution in [0.1, 0.15) is 12.8 Å². The van der Waals surface area contributed by atoms with Gasteiger partial charge in [0.1, 0.15) is 0 Å². The number of rotatable bonds is 2. The molecule has 2 aliphatic heterocycles. The normalized spacial score (nSPS) is 24.8. The minimum Gasteiger partial charge on any atom is -0.479 e. The zero-order valence-corrected chi connectivity index (χ0v) is 9.87. The zero-order valence-electron chi connectivity index (χ0n) is 9.87. The van der Waals surface area contributed by atoms with Crippen molar-refractivity contribution in [3.8, 4) is 0 Å². The van der Waals surface area contributed by atoms with Crippen molar-refractivity contribution >= 4 is 12.1 Å². The average molecular weight is 252 g/mol. The Morgan fingerprint density at radius 2 is 1.94 bits per heavy atom. The lowest BCUT2D eigenvalue weighted by Gasteiger charge is -2.35. The number of carboxylic acids is 1. The van der Waals surface area contributed by atoms with E-state index in [2.05, 4.69) is 5.32 Å². The summed E-state index contributed by atoms with van der Waals surface area (Å²) in [5, 5.41) is 21.5. The molecular formula is C12H16N2O4. The molecule has 0 aromatic carbocycles. The molecule has 1 unspecified atom stereocenters. The van der Waals surface area contributed by atoms with Gasteiger partial charge in [-0.15, -0.1) is 0 Å². The van der Waals surface area contributed by atoms with E-state index in [1.54, 1.807) is 12.2 Å². The Morgan fingerprint density at radius 1 is 1.28 bits per heavy atom. The predicted molar refractivity (Wildman–Crippen MR) is 64.1 cm³/mol. The van der Waals surface area contributed by atoms with Crippen LogP contribution in [0.2, 0.25) is 0 Å². The zero-order chi connectivity index (χ0) is 13.1. The number of amides is 1. The van der Waals surface area contributed by atoms with E-state index in [4.69, 9.17) is 5.11 Å². The first-order valence-electron chi connectivity index (χ1n) is 5.95. The molecule has 18 heavy (non-hydrogen) atoms. The van der Waals surface area contributed by atoms with Gasteiger partial charge in [0, 0.05) is 11.6 Å². The highest BCUT2D eigenvalue weighted by atomic mass is 16.4. The van der Waals surface area contributed by atoms with Crippen LogP contribution in [0.5, 0.6) is 0 Å². The van der Waals surface area contributed by atoms with Crippen LogP contribution in [0.25, 0.3) is 0 Å². The molecular weight excluding hydrogens is 236 g/mol. The second-order valence-corrected chi connectivity index (χ2v) is 4.44. The summed E-state index contributed by atoms with van der Waals surface area (Å²) in [4.78, 5) is 23.4. The Bertz CT molecular complexity index is 410. The second-order valence-electron chi connectivity index (χ2n) is 4.44. The number of aliphatic carboxylic acids is 1. The molecule has 1 atom stereocenters. The third-order valence-corrected chi connectivity index (χ3v) is 3.33. The summed E-state index contributed by atoms with van der Waals surface area (Å²) in [6, 6.07) is -1.11. The molecule has 0 aromatic heterocycles. The third-order valence-electron chi connectivity index (χ3n) is 3.33. The fourth-order valence-corrected chi connectivity index (χ4v) is 2.46. The maximum absolute atomic E-state index is 11.3. The molecule has 6 heteroatoms. The van der Waals surface area contributed by atoms with Gasteiger partial charge in [0.15, 0.2) is 6.04 Å². The van der Waals surface area contributed by atoms with E-state index in [1.807, 2.05) is 0 Å². The van der Waals surface area contributed by atoms with E-state index >= 15 is 0 Å². The molecule has 0 saturated carbocycles. The number of nitrogens with zero attached hydrogens (tertiary/aromatic N) is 1. The van der Waals surface area contributed by atoms with Crippen molar-refractivity contribution in [2.45, 2.75) is 18.9 Å². The first kappa shape index (κ1) is 12.6. The van der Waals surface area contributed by atoms with Crippen LogP contribution in [0.3, 0.4) is 0 Å². The number of hydrogen-bond donors (Lipinski definition) is 3. The van der Waals surface area contributed by atoms with Crippen molar-refractivity contribution in [1.82, 2.24) is 10.2 Å². The molecule has 0 aromatic rings. The van der Waals surface area contributed by atoms with Gasteiger partial charge in [-0.25, -0.2) is 9.59 Å². The average Bonchev–Trinajstić information content (AvgIpc) is 2.38. The fraction of sp³-hybridized carbons (Fsp3) is 0.500. The summed E-state index contributed by atoms with van der Waals surface area (Å²) in [5.41, 5.74) is 0.596. The van der Waals surface area contributed by atoms with Crippen molar-refractivity contribution in [2.24, 2.45) is 5.92 Å². The van der Waals surface area contributed by atoms with Crippen LogP contribution in [0.4, 0.5) is 4.79 Å². The Kier molecular flexibility index (Phi) is 3.66. The van der Waals surface area contributed by atoms with Gasteiger partial charge in [0.05, 0.1) is 0 Å². The Hall–Kier alpha value is -1.82. The predicted octanol–water partition coefficient (Wildman–Crippen LogP) is 0.873. The number of allylic oxidation sites excluding steroid dienone is 3. The Balaban J connectivity index is 2.25. The Morgan fingerprint density at radius 3 is 2.50 bits per heavy atom. The van der Waals surface area contributed by atoms with Crippen LogP contribution in [-0.2, 0) is 4.79 Å². The molecule has 6 nitrogen and oxygen atoms in total. The van der Waals surface area contributed by atoms with Gasteiger partial charge in [0.25, 0.3) is 0 Å². The highest BCUT2D eigenvalue weighted by Gasteiger charge is 2.35. The highest BCUT2D eigenvalue weighted by molar-refractivity contribution is 5.83. The van der Waals surface area contributed by atoms with Crippen LogP contribution < -0.4 is 5.32 Å². The van der Waals surface area contributed by atoms with Gasteiger partial charge in [0.2, 0.25) is 0 Å². The van der Waals surface area contributed by atoms with E-state index in [0.717, 1.165) is 30.8 Å². The maximum Gasteiger partial charge on any atom is 0.412 e. The molecule has 3 N–H and O–H groups in total. The second kappa shape index (κ2) is 5.22. The van der Waals surface area contributed by atoms with Crippen LogP contribution in [0, 0.1) is 5.92 Å². The monoisotopic (exact) mass is 252 g/mol. The summed E-state index contributed by atoms with van der Waals surface area (Å²) in [6.45, 7) is 1.66. The molecule has 0 aliphatic carbocycles. The largest absolute Gasteiger partial charge is 0.479 e. The number of carbonyl (C=O) groups is 2. The van der Waals surface area contributed by atoms with Crippen molar-refractivity contribution in [2.75, 3.05) is 13.1 Å². The van der Waals surface area contributed by atoms with E-state index < -0.39 is 18.1 Å². The molecule has 2 aliphatic rings. The molecule has 1 saturated heterocycles. The van der Waals surface area contributed by atoms with Gasteiger partial charge in [-0.3, -0.25) is 4.90 Å². The van der Waals surface area contributed by atoms with Gasteiger partial charge in [-0.2, -0.15) is 0 Å². The van der Waals surface area contributed by atoms with Crippen LogP contribution in [-0.4, -0.2) is 46.3 Å². The molecule has 0 spiro atoms. The van der Waals surface area contributed by atoms with Crippen LogP contribution >= 0.6 is 0 Å². The number of piperidine rings is 1. The SMILES string of the molecule is O=C(O)C1C=CC=C(C2CCNCC2)N1C(=O)O. The first-order valence-corrected chi connectivity index (χ1v) is 5.95. The lowest BCUT2D eigenvalue weighted by molar-refractivity contribution is -0.140. The summed E-state index contributed by atoms with van der Waals surface area (Å²) < 4.78 is 0. The van der Waals surface area contributed by atoms with Gasteiger partial charge in [-0.1, -0.05) is 12.2 Å². The first-order chi connectivity index (χ1) is 8.61. The Labute approximate surface area is 105 Å². The maximum atomic E-state index is 11.3. The molecule has 98 valence electrons. The quantitative estimate of drug-likeness (QED) is 0.678. The van der Waals surface area contributed by atoms with E-state index in [1.165, 1.54) is 6.08 Å². The van der Waals surface area contributed by atoms with Crippen molar-refractivity contribution < 1.29 is 19.8 Å². The minimum atomic E-state index is -1.21. The summed E-state index contributed by atoms with van der Waals surface area (Å²) in [7, 11) is 0. The van der Waals surface area contributed by atoms with Crippen molar-refractivity contribution in [3.63, 3.8) is 0 Å². The standard InChI is InChI=1S/C12H16N2O4/c15-11(16)10-3-1-2-9(14(10)12(17)18)8-4-6-13-7-5-8/h1-3,8,10,13H,4-7H2,(H,15,16)(H,17,18). The third kappa shape index (κ3) is 2.38. The van der Waals surface area contributed by atoms with E-state index in [-0.39, 0.29) is 5.92 Å². The number of carboxylic acid groups (broad SMARTS) is 2. The van der Waals surface area contributed by atoms with E-state index in [9.17, 15) is 14.7 Å². The summed E-state index contributed by atoms with van der Waals surface area (Å²) in [5.74, 6) is -1.04. The molecule has 0 bridgehead atoms. The van der Waals surface area contributed by atoms with Gasteiger partial charge < -0.3 is 15.5 Å². The number of hydrogen-bond acceptors (Lipinski definition) is 3. The number of nitrogens with one attached hydrogen (secondary N) is 1. The molecule has 0 radical (unpaired) electrons. The van der Waals surface area contributed by atoms with E-state index in [0.29, 0.717) is 5.70 Å². The highest BCUT2D eigenvalue weighted by Crippen LogP contribution is 2.29. The topological polar surface area (TPSA) is 89.9 Å². The molecule has 1 amide bonds. The lowest BCUT2D eigenvalue weighted by Crippen LogP contribution is -2.46. The fourth-order valence-electron chi connectivity index (χ4n) is 2.46. The van der Waals surface area contributed by atoms with Crippen LogP contribution in [0.15, 0.2) is 23.9 Å².